The molecule has 5 rings (SSSR count). The summed E-state index contributed by atoms with van der Waals surface area (Å²) >= 11 is 0. The topological polar surface area (TPSA) is 158 Å². The molecule has 0 fully saturated rings. The van der Waals surface area contributed by atoms with Gasteiger partial charge in [0.15, 0.2) is 5.96 Å². The summed E-state index contributed by atoms with van der Waals surface area (Å²) in [5.74, 6) is 4.83. The Morgan fingerprint density at radius 2 is 1.36 bits per heavy atom. The zero-order valence-electron chi connectivity index (χ0n) is 26.0. The van der Waals surface area contributed by atoms with Crippen LogP contribution in [0, 0.1) is 11.8 Å². The van der Waals surface area contributed by atoms with Crippen LogP contribution in [0.3, 0.4) is 0 Å². The minimum atomic E-state index is -1.16. The Hall–Kier alpha value is -6.08. The van der Waals surface area contributed by atoms with Crippen LogP contribution in [-0.2, 0) is 20.8 Å². The van der Waals surface area contributed by atoms with Gasteiger partial charge in [0.05, 0.1) is 19.7 Å². The number of carbonyl (C=O) groups is 3. The number of aliphatic imine (C=N–C) groups is 1. The number of hydrogen-bond acceptors (Lipinski definition) is 6. The second-order valence-corrected chi connectivity index (χ2v) is 11.0. The molecule has 2 amide bonds. The van der Waals surface area contributed by atoms with E-state index in [2.05, 4.69) is 39.6 Å². The van der Waals surface area contributed by atoms with Gasteiger partial charge in [-0.2, -0.15) is 0 Å². The molecule has 0 saturated carbocycles. The van der Waals surface area contributed by atoms with Gasteiger partial charge in [-0.05, 0) is 71.1 Å². The maximum absolute atomic E-state index is 13.1. The van der Waals surface area contributed by atoms with Crippen molar-refractivity contribution in [1.82, 2.24) is 10.6 Å². The second kappa shape index (κ2) is 14.8. The monoisotopic (exact) mass is 629 g/mol. The van der Waals surface area contributed by atoms with Crippen molar-refractivity contribution in [3.63, 3.8) is 0 Å². The number of amides is 2. The van der Waals surface area contributed by atoms with Crippen LogP contribution >= 0.6 is 0 Å². The summed E-state index contributed by atoms with van der Waals surface area (Å²) in [6.07, 6.45) is -0.714. The molecule has 10 heteroatoms. The second-order valence-electron chi connectivity index (χ2n) is 11.0. The molecule has 1 aliphatic rings. The quantitative estimate of drug-likeness (QED) is 0.0941. The highest BCUT2D eigenvalue weighted by Gasteiger charge is 2.32. The van der Waals surface area contributed by atoms with E-state index in [1.165, 1.54) is 7.11 Å². The van der Waals surface area contributed by atoms with Crippen LogP contribution in [0.2, 0.25) is 0 Å². The fourth-order valence-corrected chi connectivity index (χ4v) is 5.37. The molecule has 1 aliphatic carbocycles. The minimum Gasteiger partial charge on any atom is -0.467 e. The van der Waals surface area contributed by atoms with Gasteiger partial charge in [-0.3, -0.25) is 4.79 Å². The molecule has 2 atom stereocenters. The van der Waals surface area contributed by atoms with Crippen molar-refractivity contribution >= 4 is 23.9 Å². The maximum Gasteiger partial charge on any atom is 0.407 e. The number of carbonyl (C=O) groups excluding carboxylic acids is 3. The molecule has 0 bridgehead atoms. The average Bonchev–Trinajstić information content (AvgIpc) is 3.41. The molecule has 4 aromatic carbocycles. The molecule has 0 heterocycles. The van der Waals surface area contributed by atoms with E-state index in [4.69, 9.17) is 20.9 Å². The van der Waals surface area contributed by atoms with Gasteiger partial charge in [-0.15, -0.1) is 0 Å². The van der Waals surface area contributed by atoms with Gasteiger partial charge in [0.25, 0.3) is 5.91 Å². The Balaban J connectivity index is 1.17. The zero-order chi connectivity index (χ0) is 33.3. The molecular weight excluding hydrogens is 594 g/mol. The number of esters is 1. The third kappa shape index (κ3) is 7.96. The maximum atomic E-state index is 13.1. The predicted octanol–water partition coefficient (Wildman–Crippen LogP) is 4.06. The first-order valence-corrected chi connectivity index (χ1v) is 15.0. The fraction of sp³-hybridized carbons (Fsp3) is 0.189. The first kappa shape index (κ1) is 32.3. The minimum absolute atomic E-state index is 0.0338. The Morgan fingerprint density at radius 1 is 0.809 bits per heavy atom. The average molecular weight is 630 g/mol. The Morgan fingerprint density at radius 3 is 1.91 bits per heavy atom. The molecule has 238 valence electrons. The Labute approximate surface area is 273 Å². The third-order valence-electron chi connectivity index (χ3n) is 7.83. The number of nitrogens with two attached hydrogens (primary N) is 2. The first-order chi connectivity index (χ1) is 22.7. The normalized spacial score (nSPS) is 12.6. The summed E-state index contributed by atoms with van der Waals surface area (Å²) in [4.78, 5) is 42.6. The molecule has 10 nitrogen and oxygen atoms in total. The van der Waals surface area contributed by atoms with E-state index in [-0.39, 0.29) is 18.5 Å². The van der Waals surface area contributed by atoms with Crippen molar-refractivity contribution in [2.24, 2.45) is 16.5 Å². The number of nitrogens with one attached hydrogen (secondary N) is 2. The van der Waals surface area contributed by atoms with Crippen LogP contribution in [0.25, 0.3) is 11.1 Å². The molecular formula is C37H35N5O5. The predicted molar refractivity (Wildman–Crippen MR) is 179 cm³/mol. The van der Waals surface area contributed by atoms with Crippen molar-refractivity contribution in [2.75, 3.05) is 13.7 Å². The van der Waals surface area contributed by atoms with E-state index >= 15 is 0 Å². The van der Waals surface area contributed by atoms with Crippen LogP contribution in [0.4, 0.5) is 4.79 Å². The largest absolute Gasteiger partial charge is 0.467 e. The summed E-state index contributed by atoms with van der Waals surface area (Å²) in [5.41, 5.74) is 17.9. The first-order valence-electron chi connectivity index (χ1n) is 15.0. The highest BCUT2D eigenvalue weighted by molar-refractivity contribution is 5.97. The van der Waals surface area contributed by atoms with E-state index in [1.807, 2.05) is 60.7 Å². The lowest BCUT2D eigenvalue weighted by Gasteiger charge is -2.24. The summed E-state index contributed by atoms with van der Waals surface area (Å²) in [7, 11) is 1.21. The number of fused-ring (bicyclic) bond motifs is 3. The molecule has 0 spiro atoms. The smallest absolute Gasteiger partial charge is 0.407 e. The van der Waals surface area contributed by atoms with Gasteiger partial charge < -0.3 is 31.6 Å². The fourth-order valence-electron chi connectivity index (χ4n) is 5.37. The number of alkyl carbamates (subject to hydrolysis) is 1. The zero-order valence-corrected chi connectivity index (χ0v) is 26.0. The van der Waals surface area contributed by atoms with Gasteiger partial charge in [0.1, 0.15) is 12.6 Å². The molecule has 0 aromatic heterocycles. The lowest BCUT2D eigenvalue weighted by molar-refractivity contribution is -0.143. The van der Waals surface area contributed by atoms with Crippen molar-refractivity contribution in [1.29, 1.82) is 0 Å². The highest BCUT2D eigenvalue weighted by Crippen LogP contribution is 2.44. The number of methoxy groups -OCH3 is 1. The summed E-state index contributed by atoms with van der Waals surface area (Å²) < 4.78 is 10.5. The Bertz CT molecular complexity index is 1810. The van der Waals surface area contributed by atoms with Crippen LogP contribution < -0.4 is 22.1 Å². The molecule has 0 radical (unpaired) electrons. The van der Waals surface area contributed by atoms with Gasteiger partial charge in [-0.25, -0.2) is 14.6 Å². The van der Waals surface area contributed by atoms with Crippen molar-refractivity contribution in [3.05, 3.63) is 130 Å². The van der Waals surface area contributed by atoms with Crippen molar-refractivity contribution in [3.8, 4) is 23.0 Å². The highest BCUT2D eigenvalue weighted by atomic mass is 16.5. The van der Waals surface area contributed by atoms with E-state index < -0.39 is 30.1 Å². The third-order valence-corrected chi connectivity index (χ3v) is 7.83. The lowest BCUT2D eigenvalue weighted by Crippen LogP contribution is -2.54. The number of guanidine groups is 1. The summed E-state index contributed by atoms with van der Waals surface area (Å²) in [5, 5.41) is 5.34. The van der Waals surface area contributed by atoms with Crippen LogP contribution in [0.15, 0.2) is 102 Å². The Kier molecular flexibility index (Phi) is 10.2. The molecule has 0 saturated heterocycles. The summed E-state index contributed by atoms with van der Waals surface area (Å²) in [6, 6.07) is 28.2. The molecule has 6 N–H and O–H groups in total. The van der Waals surface area contributed by atoms with E-state index in [1.54, 1.807) is 31.2 Å². The van der Waals surface area contributed by atoms with Crippen LogP contribution in [0.5, 0.6) is 0 Å². The molecule has 0 aliphatic heterocycles. The lowest BCUT2D eigenvalue weighted by atomic mass is 9.98. The standard InChI is InChI=1S/C37H35N5O5/c1-23(41-37(45)47-22-32-30-9-5-3-7-28(30)29-8-4-6-10-31(29)32)33(35(44)46-2)42-34(43)27-19-17-25(18-20-27)12-11-24-13-15-26(16-14-24)21-40-36(38)39/h3-10,13-20,23,32-33H,21-22H2,1-2H3,(H,41,45)(H,42,43)(H4,38,39,40)/t23-,33+/m1/s1. The van der Waals surface area contributed by atoms with Crippen molar-refractivity contribution in [2.45, 2.75) is 31.5 Å². The van der Waals surface area contributed by atoms with E-state index in [0.717, 1.165) is 33.4 Å². The van der Waals surface area contributed by atoms with E-state index in [9.17, 15) is 14.4 Å². The van der Waals surface area contributed by atoms with E-state index in [0.29, 0.717) is 17.7 Å². The van der Waals surface area contributed by atoms with Crippen LogP contribution in [-0.4, -0.2) is 49.7 Å². The number of nitrogens with zero attached hydrogens (tertiary/aromatic N) is 1. The number of benzene rings is 4. The van der Waals surface area contributed by atoms with Gasteiger partial charge in [-0.1, -0.05) is 72.5 Å². The molecule has 47 heavy (non-hydrogen) atoms. The van der Waals surface area contributed by atoms with Gasteiger partial charge in [0, 0.05) is 22.6 Å². The molecule has 0 unspecified atom stereocenters. The number of ether oxygens (including phenoxy) is 2. The van der Waals surface area contributed by atoms with Gasteiger partial charge in [0.2, 0.25) is 0 Å². The summed E-state index contributed by atoms with van der Waals surface area (Å²) in [6.45, 7) is 2.10. The molecule has 4 aromatic rings. The number of rotatable bonds is 9. The van der Waals surface area contributed by atoms with Gasteiger partial charge >= 0.3 is 12.1 Å². The number of hydrogen-bond donors (Lipinski definition) is 4. The van der Waals surface area contributed by atoms with Crippen LogP contribution in [0.1, 0.15) is 51.0 Å². The SMILES string of the molecule is COC(=O)[C@@H](NC(=O)c1ccc(C#Cc2ccc(CN=C(N)N)cc2)cc1)[C@@H](C)NC(=O)OCC1c2ccccc2-c2ccccc21. The van der Waals surface area contributed by atoms with Crippen molar-refractivity contribution < 1.29 is 23.9 Å².